The van der Waals surface area contributed by atoms with Crippen LogP contribution in [0.2, 0.25) is 5.02 Å². The zero-order valence-corrected chi connectivity index (χ0v) is 11.0. The summed E-state index contributed by atoms with van der Waals surface area (Å²) in [5, 5.41) is 2.53. The van der Waals surface area contributed by atoms with Crippen molar-refractivity contribution in [2.75, 3.05) is 5.32 Å². The van der Waals surface area contributed by atoms with Crippen LogP contribution in [0.25, 0.3) is 0 Å². The van der Waals surface area contributed by atoms with Crippen molar-refractivity contribution in [3.63, 3.8) is 0 Å². The number of anilines is 1. The average molecular weight is 311 g/mol. The largest absolute Gasteiger partial charge is 0.447 e. The van der Waals surface area contributed by atoms with Crippen molar-refractivity contribution >= 4 is 39.3 Å². The molecule has 0 bridgehead atoms. The Morgan fingerprint density at radius 1 is 1.56 bits per heavy atom. The van der Waals surface area contributed by atoms with Gasteiger partial charge in [-0.15, -0.1) is 0 Å². The number of hydrogen-bond acceptors (Lipinski definition) is 2. The van der Waals surface area contributed by atoms with Crippen molar-refractivity contribution in [3.05, 3.63) is 27.4 Å². The smallest absolute Gasteiger partial charge is 0.411 e. The van der Waals surface area contributed by atoms with Gasteiger partial charge in [0, 0.05) is 4.47 Å². The second-order valence-electron chi connectivity index (χ2n) is 3.32. The molecule has 0 aliphatic heterocycles. The third kappa shape index (κ3) is 3.64. The van der Waals surface area contributed by atoms with Crippen molar-refractivity contribution in [1.29, 1.82) is 0 Å². The number of carbonyl (C=O) groups excluding carboxylic acids is 1. The summed E-state index contributed by atoms with van der Waals surface area (Å²) in [6.45, 7) is 3.45. The second-order valence-corrected chi connectivity index (χ2v) is 4.59. The standard InChI is InChI=1S/C10H10BrClFNO2/c1-5(2)16-10(15)14-9-7(11)3-6(13)4-8(9)12/h3-5H,1-2H3,(H,14,15). The van der Waals surface area contributed by atoms with Crippen LogP contribution in [-0.4, -0.2) is 12.2 Å². The van der Waals surface area contributed by atoms with Gasteiger partial charge in [0.05, 0.1) is 16.8 Å². The lowest BCUT2D eigenvalue weighted by molar-refractivity contribution is 0.130. The van der Waals surface area contributed by atoms with Crippen molar-refractivity contribution in [2.24, 2.45) is 0 Å². The van der Waals surface area contributed by atoms with E-state index in [2.05, 4.69) is 21.2 Å². The van der Waals surface area contributed by atoms with Crippen LogP contribution in [-0.2, 0) is 4.74 Å². The van der Waals surface area contributed by atoms with Crippen LogP contribution in [0.3, 0.4) is 0 Å². The first-order chi connectivity index (χ1) is 7.40. The minimum atomic E-state index is -0.635. The molecular formula is C10H10BrClFNO2. The van der Waals surface area contributed by atoms with Crippen LogP contribution in [0.5, 0.6) is 0 Å². The Morgan fingerprint density at radius 3 is 2.69 bits per heavy atom. The van der Waals surface area contributed by atoms with Gasteiger partial charge in [0.25, 0.3) is 0 Å². The fraction of sp³-hybridized carbons (Fsp3) is 0.300. The highest BCUT2D eigenvalue weighted by Crippen LogP contribution is 2.31. The number of ether oxygens (including phenoxy) is 1. The third-order valence-corrected chi connectivity index (χ3v) is 2.50. The Labute approximate surface area is 106 Å². The van der Waals surface area contributed by atoms with E-state index in [1.54, 1.807) is 13.8 Å². The van der Waals surface area contributed by atoms with Crippen LogP contribution in [0.4, 0.5) is 14.9 Å². The van der Waals surface area contributed by atoms with E-state index in [4.69, 9.17) is 16.3 Å². The molecule has 0 heterocycles. The van der Waals surface area contributed by atoms with E-state index in [1.807, 2.05) is 0 Å². The number of nitrogens with one attached hydrogen (secondary N) is 1. The second kappa shape index (κ2) is 5.50. The molecule has 0 saturated heterocycles. The first-order valence-electron chi connectivity index (χ1n) is 4.52. The summed E-state index contributed by atoms with van der Waals surface area (Å²) in [5.41, 5.74) is 0.286. The van der Waals surface area contributed by atoms with Gasteiger partial charge in [-0.2, -0.15) is 0 Å². The molecule has 1 aromatic rings. The molecule has 6 heteroatoms. The van der Waals surface area contributed by atoms with Crippen molar-refractivity contribution in [1.82, 2.24) is 0 Å². The minimum Gasteiger partial charge on any atom is -0.447 e. The highest BCUT2D eigenvalue weighted by molar-refractivity contribution is 9.10. The number of rotatable bonds is 2. The molecule has 3 nitrogen and oxygen atoms in total. The third-order valence-electron chi connectivity index (χ3n) is 1.58. The average Bonchev–Trinajstić information content (AvgIpc) is 2.09. The molecule has 1 rings (SSSR count). The highest BCUT2D eigenvalue weighted by Gasteiger charge is 2.12. The van der Waals surface area contributed by atoms with E-state index in [1.165, 1.54) is 6.07 Å². The predicted molar refractivity (Wildman–Crippen MR) is 64.3 cm³/mol. The van der Waals surface area contributed by atoms with E-state index in [0.29, 0.717) is 4.47 Å². The van der Waals surface area contributed by atoms with E-state index in [0.717, 1.165) is 6.07 Å². The molecular weight excluding hydrogens is 300 g/mol. The Morgan fingerprint density at radius 2 is 2.19 bits per heavy atom. The lowest BCUT2D eigenvalue weighted by Crippen LogP contribution is -2.18. The molecule has 1 aromatic carbocycles. The summed E-state index contributed by atoms with van der Waals surface area (Å²) in [7, 11) is 0. The predicted octanol–water partition coefficient (Wildman–Crippen LogP) is 4.20. The number of carbonyl (C=O) groups is 1. The monoisotopic (exact) mass is 309 g/mol. The molecule has 0 aromatic heterocycles. The fourth-order valence-corrected chi connectivity index (χ4v) is 1.91. The zero-order chi connectivity index (χ0) is 12.3. The van der Waals surface area contributed by atoms with Crippen LogP contribution in [0.15, 0.2) is 16.6 Å². The quantitative estimate of drug-likeness (QED) is 0.889. The lowest BCUT2D eigenvalue weighted by Gasteiger charge is -2.12. The van der Waals surface area contributed by atoms with Gasteiger partial charge < -0.3 is 4.74 Å². The summed E-state index contributed by atoms with van der Waals surface area (Å²) in [6.07, 6.45) is -0.873. The van der Waals surface area contributed by atoms with E-state index in [9.17, 15) is 9.18 Å². The van der Waals surface area contributed by atoms with Gasteiger partial charge in [0.15, 0.2) is 0 Å². The summed E-state index contributed by atoms with van der Waals surface area (Å²) in [4.78, 5) is 11.3. The number of amides is 1. The van der Waals surface area contributed by atoms with E-state index >= 15 is 0 Å². The Bertz CT molecular complexity index is 389. The van der Waals surface area contributed by atoms with Crippen LogP contribution < -0.4 is 5.32 Å². The normalized spacial score (nSPS) is 10.4. The molecule has 0 radical (unpaired) electrons. The van der Waals surface area contributed by atoms with Gasteiger partial charge in [-0.25, -0.2) is 9.18 Å². The number of halogens is 3. The molecule has 1 N–H and O–H groups in total. The molecule has 0 unspecified atom stereocenters. The molecule has 0 atom stereocenters. The Balaban J connectivity index is 2.85. The Hall–Kier alpha value is -0.810. The van der Waals surface area contributed by atoms with E-state index in [-0.39, 0.29) is 16.8 Å². The first kappa shape index (κ1) is 13.3. The molecule has 0 fully saturated rings. The molecule has 0 spiro atoms. The fourth-order valence-electron chi connectivity index (χ4n) is 1.01. The van der Waals surface area contributed by atoms with Crippen molar-refractivity contribution in [2.45, 2.75) is 20.0 Å². The molecule has 1 amide bonds. The molecule has 88 valence electrons. The van der Waals surface area contributed by atoms with Gasteiger partial charge in [0.2, 0.25) is 0 Å². The van der Waals surface area contributed by atoms with Crippen LogP contribution in [0, 0.1) is 5.82 Å². The van der Waals surface area contributed by atoms with Gasteiger partial charge in [0.1, 0.15) is 5.82 Å². The van der Waals surface area contributed by atoms with Gasteiger partial charge >= 0.3 is 6.09 Å². The molecule has 16 heavy (non-hydrogen) atoms. The number of hydrogen-bond donors (Lipinski definition) is 1. The lowest BCUT2D eigenvalue weighted by atomic mass is 10.3. The van der Waals surface area contributed by atoms with Gasteiger partial charge in [-0.05, 0) is 41.9 Å². The summed E-state index contributed by atoms with van der Waals surface area (Å²) >= 11 is 8.87. The summed E-state index contributed by atoms with van der Waals surface area (Å²) in [5.74, 6) is -0.486. The maximum atomic E-state index is 12.9. The Kier molecular flexibility index (Phi) is 4.56. The van der Waals surface area contributed by atoms with Crippen LogP contribution in [0.1, 0.15) is 13.8 Å². The summed E-state index contributed by atoms with van der Waals surface area (Å²) < 4.78 is 18.1. The summed E-state index contributed by atoms with van der Waals surface area (Å²) in [6, 6.07) is 2.31. The van der Waals surface area contributed by atoms with Gasteiger partial charge in [-0.3, -0.25) is 5.32 Å². The van der Waals surface area contributed by atoms with Crippen LogP contribution >= 0.6 is 27.5 Å². The van der Waals surface area contributed by atoms with Crippen molar-refractivity contribution < 1.29 is 13.9 Å². The topological polar surface area (TPSA) is 38.3 Å². The molecule has 0 aliphatic carbocycles. The first-order valence-corrected chi connectivity index (χ1v) is 5.69. The molecule has 0 aliphatic rings. The molecule has 0 saturated carbocycles. The van der Waals surface area contributed by atoms with Crippen molar-refractivity contribution in [3.8, 4) is 0 Å². The number of benzene rings is 1. The van der Waals surface area contributed by atoms with E-state index < -0.39 is 11.9 Å². The highest BCUT2D eigenvalue weighted by atomic mass is 79.9. The van der Waals surface area contributed by atoms with Gasteiger partial charge in [-0.1, -0.05) is 11.6 Å². The maximum Gasteiger partial charge on any atom is 0.411 e. The maximum absolute atomic E-state index is 12.9. The minimum absolute atomic E-state index is 0.104. The zero-order valence-electron chi connectivity index (χ0n) is 8.68. The SMILES string of the molecule is CC(C)OC(=O)Nc1c(Cl)cc(F)cc1Br.